The molecule has 70 valence electrons. The van der Waals surface area contributed by atoms with Gasteiger partial charge in [0.05, 0.1) is 0 Å². The topological polar surface area (TPSA) is 35.5 Å². The van der Waals surface area contributed by atoms with E-state index in [0.29, 0.717) is 11.3 Å². The van der Waals surface area contributed by atoms with Gasteiger partial charge in [-0.15, -0.1) is 0 Å². The molecule has 0 heterocycles. The van der Waals surface area contributed by atoms with Crippen molar-refractivity contribution in [3.05, 3.63) is 29.3 Å². The zero-order valence-electron chi connectivity index (χ0n) is 7.74. The van der Waals surface area contributed by atoms with E-state index in [9.17, 15) is 4.79 Å². The van der Waals surface area contributed by atoms with Gasteiger partial charge in [0.25, 0.3) is 0 Å². The molecule has 1 rings (SSSR count). The van der Waals surface area contributed by atoms with Crippen LogP contribution in [0.25, 0.3) is 0 Å². The maximum Gasteiger partial charge on any atom is 0.188 e. The number of methoxy groups -OCH3 is 1. The van der Waals surface area contributed by atoms with E-state index in [1.165, 1.54) is 0 Å². The first-order valence-electron chi connectivity index (χ1n) is 3.95. The molecular formula is C10H12O3. The summed E-state index contributed by atoms with van der Waals surface area (Å²) in [7, 11) is 1.55. The molecule has 0 aliphatic rings. The smallest absolute Gasteiger partial charge is 0.188 e. The van der Waals surface area contributed by atoms with Gasteiger partial charge in [0, 0.05) is 12.7 Å². The number of hydrogen-bond donors (Lipinski definition) is 0. The molecule has 3 nitrogen and oxygen atoms in total. The Kier molecular flexibility index (Phi) is 3.46. The average molecular weight is 180 g/mol. The average Bonchev–Trinajstić information content (AvgIpc) is 2.17. The molecule has 0 atom stereocenters. The number of carbonyl (C=O) groups excluding carboxylic acids is 1. The zero-order valence-corrected chi connectivity index (χ0v) is 7.74. The predicted molar refractivity (Wildman–Crippen MR) is 49.1 cm³/mol. The molecule has 0 radical (unpaired) electrons. The quantitative estimate of drug-likeness (QED) is 0.523. The number of hydrogen-bond acceptors (Lipinski definition) is 3. The third kappa shape index (κ3) is 2.56. The maximum absolute atomic E-state index is 10.5. The molecule has 0 amide bonds. The minimum atomic E-state index is 0.198. The van der Waals surface area contributed by atoms with Crippen molar-refractivity contribution >= 4 is 6.29 Å². The summed E-state index contributed by atoms with van der Waals surface area (Å²) in [4.78, 5) is 10.5. The number of benzene rings is 1. The molecule has 0 spiro atoms. The summed E-state index contributed by atoms with van der Waals surface area (Å²) in [6.07, 6.45) is 0.791. The van der Waals surface area contributed by atoms with Gasteiger partial charge in [-0.2, -0.15) is 0 Å². The Labute approximate surface area is 77.3 Å². The van der Waals surface area contributed by atoms with Crippen molar-refractivity contribution in [1.29, 1.82) is 0 Å². The van der Waals surface area contributed by atoms with E-state index in [-0.39, 0.29) is 6.79 Å². The summed E-state index contributed by atoms with van der Waals surface area (Å²) in [5.74, 6) is 0.687. The lowest BCUT2D eigenvalue weighted by Gasteiger charge is -2.07. The number of carbonyl (C=O) groups is 1. The third-order valence-corrected chi connectivity index (χ3v) is 1.68. The standard InChI is InChI=1S/C10H12O3/c1-8-3-4-9(6-11)5-10(8)13-7-12-2/h3-6H,7H2,1-2H3. The Morgan fingerprint density at radius 2 is 2.23 bits per heavy atom. The fourth-order valence-corrected chi connectivity index (χ4v) is 0.968. The fraction of sp³-hybridized carbons (Fsp3) is 0.300. The molecule has 0 saturated heterocycles. The summed E-state index contributed by atoms with van der Waals surface area (Å²) in [5.41, 5.74) is 1.60. The number of rotatable bonds is 4. The van der Waals surface area contributed by atoms with Gasteiger partial charge in [0.2, 0.25) is 0 Å². The minimum Gasteiger partial charge on any atom is -0.467 e. The normalized spacial score (nSPS) is 9.69. The first-order valence-corrected chi connectivity index (χ1v) is 3.95. The molecule has 0 aliphatic heterocycles. The Morgan fingerprint density at radius 1 is 1.46 bits per heavy atom. The Balaban J connectivity index is 2.83. The van der Waals surface area contributed by atoms with Gasteiger partial charge in [0.1, 0.15) is 12.0 Å². The van der Waals surface area contributed by atoms with Gasteiger partial charge >= 0.3 is 0 Å². The van der Waals surface area contributed by atoms with Crippen LogP contribution in [0.3, 0.4) is 0 Å². The van der Waals surface area contributed by atoms with Crippen LogP contribution in [0.2, 0.25) is 0 Å². The lowest BCUT2D eigenvalue weighted by atomic mass is 10.1. The van der Waals surface area contributed by atoms with Gasteiger partial charge < -0.3 is 9.47 Å². The van der Waals surface area contributed by atoms with E-state index in [1.54, 1.807) is 19.2 Å². The number of aryl methyl sites for hydroxylation is 1. The van der Waals surface area contributed by atoms with E-state index >= 15 is 0 Å². The summed E-state index contributed by atoms with van der Waals surface area (Å²) < 4.78 is 10.0. The molecule has 0 bridgehead atoms. The van der Waals surface area contributed by atoms with E-state index in [1.807, 2.05) is 13.0 Å². The second-order valence-corrected chi connectivity index (χ2v) is 2.69. The summed E-state index contributed by atoms with van der Waals surface area (Å²) in [6, 6.07) is 5.29. The Bertz CT molecular complexity index is 294. The highest BCUT2D eigenvalue weighted by Gasteiger charge is 2.00. The van der Waals surface area contributed by atoms with Crippen molar-refractivity contribution in [2.45, 2.75) is 6.92 Å². The van der Waals surface area contributed by atoms with Gasteiger partial charge in [0.15, 0.2) is 6.79 Å². The molecule has 0 aliphatic carbocycles. The van der Waals surface area contributed by atoms with Crippen molar-refractivity contribution < 1.29 is 14.3 Å². The second-order valence-electron chi connectivity index (χ2n) is 2.69. The van der Waals surface area contributed by atoms with Gasteiger partial charge in [-0.05, 0) is 18.6 Å². The van der Waals surface area contributed by atoms with E-state index in [0.717, 1.165) is 11.8 Å². The number of aldehydes is 1. The predicted octanol–water partition coefficient (Wildman–Crippen LogP) is 1.79. The Morgan fingerprint density at radius 3 is 2.85 bits per heavy atom. The van der Waals surface area contributed by atoms with Gasteiger partial charge in [-0.3, -0.25) is 4.79 Å². The van der Waals surface area contributed by atoms with Crippen molar-refractivity contribution in [1.82, 2.24) is 0 Å². The zero-order chi connectivity index (χ0) is 9.68. The third-order valence-electron chi connectivity index (χ3n) is 1.68. The van der Waals surface area contributed by atoms with Crippen molar-refractivity contribution in [3.63, 3.8) is 0 Å². The van der Waals surface area contributed by atoms with Gasteiger partial charge in [-0.25, -0.2) is 0 Å². The Hall–Kier alpha value is -1.35. The highest BCUT2D eigenvalue weighted by atomic mass is 16.7. The number of ether oxygens (including phenoxy) is 2. The molecule has 0 saturated carbocycles. The molecule has 0 N–H and O–H groups in total. The molecule has 0 unspecified atom stereocenters. The highest BCUT2D eigenvalue weighted by Crippen LogP contribution is 2.18. The molecule has 0 aromatic heterocycles. The van der Waals surface area contributed by atoms with Crippen LogP contribution in [-0.2, 0) is 4.74 Å². The molecule has 1 aromatic carbocycles. The summed E-state index contributed by atoms with van der Waals surface area (Å²) in [6.45, 7) is 2.11. The minimum absolute atomic E-state index is 0.198. The first kappa shape index (κ1) is 9.74. The van der Waals surface area contributed by atoms with Crippen LogP contribution in [0.1, 0.15) is 15.9 Å². The fourth-order valence-electron chi connectivity index (χ4n) is 0.968. The van der Waals surface area contributed by atoms with Crippen LogP contribution < -0.4 is 4.74 Å². The highest BCUT2D eigenvalue weighted by molar-refractivity contribution is 5.75. The van der Waals surface area contributed by atoms with Crippen molar-refractivity contribution in [3.8, 4) is 5.75 Å². The molecular weight excluding hydrogens is 168 g/mol. The second kappa shape index (κ2) is 4.62. The monoisotopic (exact) mass is 180 g/mol. The van der Waals surface area contributed by atoms with E-state index < -0.39 is 0 Å². The lowest BCUT2D eigenvalue weighted by molar-refractivity contribution is 0.0505. The van der Waals surface area contributed by atoms with Crippen LogP contribution in [-0.4, -0.2) is 20.2 Å². The van der Waals surface area contributed by atoms with Crippen LogP contribution in [0, 0.1) is 6.92 Å². The van der Waals surface area contributed by atoms with Crippen LogP contribution >= 0.6 is 0 Å². The van der Waals surface area contributed by atoms with E-state index in [2.05, 4.69) is 0 Å². The molecule has 1 aromatic rings. The lowest BCUT2D eigenvalue weighted by Crippen LogP contribution is -2.00. The summed E-state index contributed by atoms with van der Waals surface area (Å²) >= 11 is 0. The summed E-state index contributed by atoms with van der Waals surface area (Å²) in [5, 5.41) is 0. The van der Waals surface area contributed by atoms with Crippen molar-refractivity contribution in [2.75, 3.05) is 13.9 Å². The molecule has 13 heavy (non-hydrogen) atoms. The van der Waals surface area contributed by atoms with Crippen LogP contribution in [0.4, 0.5) is 0 Å². The van der Waals surface area contributed by atoms with Crippen molar-refractivity contribution in [2.24, 2.45) is 0 Å². The van der Waals surface area contributed by atoms with Crippen LogP contribution in [0.5, 0.6) is 5.75 Å². The van der Waals surface area contributed by atoms with Crippen LogP contribution in [0.15, 0.2) is 18.2 Å². The maximum atomic E-state index is 10.5. The largest absolute Gasteiger partial charge is 0.467 e. The molecule has 0 fully saturated rings. The van der Waals surface area contributed by atoms with Gasteiger partial charge in [-0.1, -0.05) is 12.1 Å². The first-order chi connectivity index (χ1) is 6.27. The molecule has 3 heteroatoms. The SMILES string of the molecule is COCOc1cc(C=O)ccc1C. The van der Waals surface area contributed by atoms with E-state index in [4.69, 9.17) is 9.47 Å².